The molecule has 2 saturated heterocycles. The molecule has 15 nitrogen and oxygen atoms in total. The predicted molar refractivity (Wildman–Crippen MR) is 144 cm³/mol. The fraction of sp³-hybridized carbons (Fsp3) is 0.464. The summed E-state index contributed by atoms with van der Waals surface area (Å²) in [5.41, 5.74) is -0.602. The zero-order valence-corrected chi connectivity index (χ0v) is 23.1. The van der Waals surface area contributed by atoms with E-state index in [9.17, 15) is 45.6 Å². The molecule has 0 saturated carbocycles. The third kappa shape index (κ3) is 5.57. The summed E-state index contributed by atoms with van der Waals surface area (Å²) < 4.78 is 33.3. The van der Waals surface area contributed by atoms with E-state index < -0.39 is 84.1 Å². The van der Waals surface area contributed by atoms with Crippen LogP contribution in [-0.2, 0) is 14.2 Å². The van der Waals surface area contributed by atoms with Crippen LogP contribution in [0.1, 0.15) is 13.8 Å². The highest BCUT2D eigenvalue weighted by atomic mass is 16.8. The summed E-state index contributed by atoms with van der Waals surface area (Å²) in [7, 11) is 1.34. The molecule has 2 fully saturated rings. The Labute approximate surface area is 243 Å². The zero-order chi connectivity index (χ0) is 31.3. The Bertz CT molecular complexity index is 1540. The van der Waals surface area contributed by atoms with Crippen LogP contribution < -0.4 is 14.9 Å². The lowest BCUT2D eigenvalue weighted by Crippen LogP contribution is -2.63. The van der Waals surface area contributed by atoms with Gasteiger partial charge in [-0.3, -0.25) is 4.79 Å². The number of aliphatic hydroxyl groups excluding tert-OH is 5. The second-order valence-electron chi connectivity index (χ2n) is 10.4. The number of phenols is 3. The molecule has 3 heterocycles. The van der Waals surface area contributed by atoms with Crippen LogP contribution in [0.15, 0.2) is 39.5 Å². The first kappa shape index (κ1) is 30.8. The van der Waals surface area contributed by atoms with Crippen LogP contribution in [0.25, 0.3) is 22.3 Å². The summed E-state index contributed by atoms with van der Waals surface area (Å²) in [5, 5.41) is 83.0. The van der Waals surface area contributed by atoms with E-state index in [4.69, 9.17) is 28.1 Å². The number of rotatable bonds is 6. The van der Waals surface area contributed by atoms with Gasteiger partial charge in [0, 0.05) is 17.7 Å². The number of methoxy groups -OCH3 is 1. The van der Waals surface area contributed by atoms with Crippen molar-refractivity contribution >= 4 is 11.0 Å². The SMILES string of the molecule is COc1cc(-c2cc(=O)c3c(O)c(O[C@H]4O[C@@H](C)[C@@H](O)[C@@H](O)[C@@H]4O[C@@H]4O[C@@H](C)[C@H](O)[C@@H](O)[C@H]4O)c(O)cc3o2)ccc1O. The molecule has 0 radical (unpaired) electrons. The Kier molecular flexibility index (Phi) is 8.43. The molecule has 1 aromatic heterocycles. The van der Waals surface area contributed by atoms with Gasteiger partial charge in [-0.25, -0.2) is 0 Å². The molecule has 0 unspecified atom stereocenters. The van der Waals surface area contributed by atoms with Crippen LogP contribution in [0.3, 0.4) is 0 Å². The van der Waals surface area contributed by atoms with Gasteiger partial charge in [-0.05, 0) is 32.0 Å². The molecule has 15 heteroatoms. The number of aliphatic hydroxyl groups is 5. The molecule has 3 aromatic rings. The minimum absolute atomic E-state index is 0.0332. The molecule has 234 valence electrons. The van der Waals surface area contributed by atoms with Crippen molar-refractivity contribution in [1.29, 1.82) is 0 Å². The molecular weight excluding hydrogens is 576 g/mol. The lowest BCUT2D eigenvalue weighted by molar-refractivity contribution is -0.352. The summed E-state index contributed by atoms with van der Waals surface area (Å²) in [6.45, 7) is 2.82. The Balaban J connectivity index is 1.49. The summed E-state index contributed by atoms with van der Waals surface area (Å²) in [5.74, 6) is -2.18. The van der Waals surface area contributed by atoms with E-state index in [-0.39, 0.29) is 28.2 Å². The third-order valence-electron chi connectivity index (χ3n) is 7.51. The van der Waals surface area contributed by atoms with Gasteiger partial charge in [0.15, 0.2) is 40.8 Å². The Morgan fingerprint density at radius 3 is 2.09 bits per heavy atom. The molecule has 10 atom stereocenters. The first-order valence-corrected chi connectivity index (χ1v) is 13.3. The van der Waals surface area contributed by atoms with Gasteiger partial charge in [0.2, 0.25) is 12.0 Å². The highest BCUT2D eigenvalue weighted by Gasteiger charge is 2.50. The van der Waals surface area contributed by atoms with Gasteiger partial charge in [0.05, 0.1) is 19.3 Å². The molecule has 2 aliphatic heterocycles. The Morgan fingerprint density at radius 2 is 1.42 bits per heavy atom. The molecule has 2 aliphatic rings. The van der Waals surface area contributed by atoms with Crippen LogP contribution in [0.4, 0.5) is 0 Å². The summed E-state index contributed by atoms with van der Waals surface area (Å²) >= 11 is 0. The maximum atomic E-state index is 13.1. The quantitative estimate of drug-likeness (QED) is 0.178. The average Bonchev–Trinajstić information content (AvgIpc) is 2.97. The van der Waals surface area contributed by atoms with Crippen LogP contribution in [0, 0.1) is 0 Å². The second kappa shape index (κ2) is 11.8. The van der Waals surface area contributed by atoms with Crippen molar-refractivity contribution in [2.24, 2.45) is 0 Å². The smallest absolute Gasteiger partial charge is 0.229 e. The standard InChI is InChI=1S/C28H32O15/c1-9-19(32)22(35)24(37)27(39-9)43-26-23(36)20(33)10(2)40-28(26)42-25-14(31)8-17-18(21(25)34)13(30)7-15(41-17)11-4-5-12(29)16(6-11)38-3/h4-10,19-20,22-24,26-29,31-37H,1-3H3/t9-,10-,19-,20+,22+,23+,24+,26-,27-,28+/m0/s1. The van der Waals surface area contributed by atoms with E-state index in [1.165, 1.54) is 39.2 Å². The average molecular weight is 609 g/mol. The van der Waals surface area contributed by atoms with E-state index in [0.29, 0.717) is 5.56 Å². The number of aromatic hydroxyl groups is 3. The predicted octanol–water partition coefficient (Wildman–Crippen LogP) is -0.357. The molecule has 5 rings (SSSR count). The number of hydrogen-bond donors (Lipinski definition) is 8. The number of benzene rings is 2. The minimum atomic E-state index is -1.77. The van der Waals surface area contributed by atoms with E-state index in [0.717, 1.165) is 12.1 Å². The van der Waals surface area contributed by atoms with Gasteiger partial charge in [0.1, 0.15) is 47.2 Å². The second-order valence-corrected chi connectivity index (χ2v) is 10.4. The van der Waals surface area contributed by atoms with Gasteiger partial charge in [-0.1, -0.05) is 0 Å². The maximum Gasteiger partial charge on any atom is 0.229 e. The molecular formula is C28H32O15. The van der Waals surface area contributed by atoms with Crippen molar-refractivity contribution in [2.45, 2.75) is 75.3 Å². The van der Waals surface area contributed by atoms with E-state index in [1.54, 1.807) is 0 Å². The van der Waals surface area contributed by atoms with Gasteiger partial charge < -0.3 is 69.0 Å². The fourth-order valence-corrected chi connectivity index (χ4v) is 5.00. The molecule has 2 aromatic carbocycles. The van der Waals surface area contributed by atoms with E-state index in [1.807, 2.05) is 0 Å². The Hall–Kier alpha value is -3.67. The largest absolute Gasteiger partial charge is 0.504 e. The number of hydrogen-bond acceptors (Lipinski definition) is 15. The molecule has 0 spiro atoms. The lowest BCUT2D eigenvalue weighted by atomic mass is 9.98. The fourth-order valence-electron chi connectivity index (χ4n) is 5.00. The van der Waals surface area contributed by atoms with Gasteiger partial charge in [0.25, 0.3) is 0 Å². The van der Waals surface area contributed by atoms with Crippen molar-refractivity contribution in [1.82, 2.24) is 0 Å². The number of fused-ring (bicyclic) bond motifs is 1. The van der Waals surface area contributed by atoms with Crippen molar-refractivity contribution in [3.8, 4) is 40.1 Å². The highest BCUT2D eigenvalue weighted by molar-refractivity contribution is 5.89. The number of phenolic OH excluding ortho intramolecular Hbond substituents is 3. The van der Waals surface area contributed by atoms with Crippen molar-refractivity contribution in [3.63, 3.8) is 0 Å². The first-order chi connectivity index (χ1) is 20.3. The molecule has 0 amide bonds. The van der Waals surface area contributed by atoms with Crippen LogP contribution in [-0.4, -0.2) is 109 Å². The molecule has 8 N–H and O–H groups in total. The minimum Gasteiger partial charge on any atom is -0.504 e. The van der Waals surface area contributed by atoms with Crippen molar-refractivity contribution in [3.05, 3.63) is 40.6 Å². The highest BCUT2D eigenvalue weighted by Crippen LogP contribution is 2.44. The van der Waals surface area contributed by atoms with Crippen molar-refractivity contribution < 1.29 is 69.0 Å². The molecule has 43 heavy (non-hydrogen) atoms. The van der Waals surface area contributed by atoms with Gasteiger partial charge >= 0.3 is 0 Å². The van der Waals surface area contributed by atoms with Crippen LogP contribution in [0.2, 0.25) is 0 Å². The zero-order valence-electron chi connectivity index (χ0n) is 23.1. The maximum absolute atomic E-state index is 13.1. The molecule has 0 aliphatic carbocycles. The third-order valence-corrected chi connectivity index (χ3v) is 7.51. The van der Waals surface area contributed by atoms with Gasteiger partial charge in [-0.2, -0.15) is 0 Å². The summed E-state index contributed by atoms with van der Waals surface area (Å²) in [6, 6.07) is 6.30. The van der Waals surface area contributed by atoms with Gasteiger partial charge in [-0.15, -0.1) is 0 Å². The first-order valence-electron chi connectivity index (χ1n) is 13.3. The summed E-state index contributed by atoms with van der Waals surface area (Å²) in [6.07, 6.45) is -15.1. The van der Waals surface area contributed by atoms with Crippen molar-refractivity contribution in [2.75, 3.05) is 7.11 Å². The monoisotopic (exact) mass is 608 g/mol. The number of ether oxygens (including phenoxy) is 5. The van der Waals surface area contributed by atoms with Crippen LogP contribution in [0.5, 0.6) is 28.7 Å². The summed E-state index contributed by atoms with van der Waals surface area (Å²) in [4.78, 5) is 13.1. The van der Waals surface area contributed by atoms with E-state index in [2.05, 4.69) is 0 Å². The Morgan fingerprint density at radius 1 is 0.767 bits per heavy atom. The lowest BCUT2D eigenvalue weighted by Gasteiger charge is -2.45. The molecule has 0 bridgehead atoms. The topological polar surface area (TPSA) is 238 Å². The normalized spacial score (nSPS) is 32.9. The van der Waals surface area contributed by atoms with E-state index >= 15 is 0 Å². The van der Waals surface area contributed by atoms with Crippen LogP contribution >= 0.6 is 0 Å².